The van der Waals surface area contributed by atoms with E-state index in [-0.39, 0.29) is 27.6 Å². The number of ketones is 1. The Bertz CT molecular complexity index is 1410. The minimum atomic E-state index is -0.518. The van der Waals surface area contributed by atoms with Gasteiger partial charge in [0.1, 0.15) is 0 Å². The van der Waals surface area contributed by atoms with E-state index in [9.17, 15) is 19.2 Å². The van der Waals surface area contributed by atoms with E-state index in [2.05, 4.69) is 10.3 Å². The number of nitrogens with zero attached hydrogens (tertiary/aromatic N) is 2. The van der Waals surface area contributed by atoms with Gasteiger partial charge in [0.2, 0.25) is 0 Å². The fourth-order valence-electron chi connectivity index (χ4n) is 3.58. The van der Waals surface area contributed by atoms with Crippen LogP contribution in [0.25, 0.3) is 0 Å². The van der Waals surface area contributed by atoms with Gasteiger partial charge in [-0.1, -0.05) is 42.5 Å². The van der Waals surface area contributed by atoms with Crippen molar-refractivity contribution in [2.75, 3.05) is 10.2 Å². The molecule has 1 aromatic heterocycles. The van der Waals surface area contributed by atoms with E-state index < -0.39 is 17.7 Å². The van der Waals surface area contributed by atoms with Gasteiger partial charge in [0.25, 0.3) is 17.7 Å². The number of carbonyl (C=O) groups excluding carboxylic acids is 4. The third-order valence-corrected chi connectivity index (χ3v) is 5.93. The van der Waals surface area contributed by atoms with Crippen molar-refractivity contribution in [3.63, 3.8) is 0 Å². The first-order valence-corrected chi connectivity index (χ1v) is 10.8. The maximum atomic E-state index is 12.8. The molecule has 4 aromatic rings. The summed E-state index contributed by atoms with van der Waals surface area (Å²) in [5, 5.41) is 4.71. The molecule has 33 heavy (non-hydrogen) atoms. The van der Waals surface area contributed by atoms with Gasteiger partial charge in [0.05, 0.1) is 11.1 Å². The third-order valence-electron chi connectivity index (χ3n) is 5.18. The van der Waals surface area contributed by atoms with Crippen LogP contribution < -0.4 is 10.2 Å². The Morgan fingerprint density at radius 2 is 1.55 bits per heavy atom. The average molecular weight is 453 g/mol. The maximum absolute atomic E-state index is 12.8. The van der Waals surface area contributed by atoms with Crippen LogP contribution in [0.4, 0.5) is 10.8 Å². The number of fused-ring (bicyclic) bond motifs is 1. The second-order valence-corrected chi connectivity index (χ2v) is 8.12. The molecule has 0 unspecified atom stereocenters. The number of hydrogen-bond donors (Lipinski definition) is 1. The number of imide groups is 1. The monoisotopic (exact) mass is 453 g/mol. The number of hydrogen-bond acceptors (Lipinski definition) is 6. The Morgan fingerprint density at radius 1 is 0.788 bits per heavy atom. The summed E-state index contributed by atoms with van der Waals surface area (Å²) in [6, 6.07) is 19.8. The summed E-state index contributed by atoms with van der Waals surface area (Å²) in [6.45, 7) is 0. The molecule has 1 N–H and O–H groups in total. The van der Waals surface area contributed by atoms with E-state index in [1.807, 2.05) is 6.07 Å². The molecule has 0 aliphatic carbocycles. The largest absolute Gasteiger partial charge is 0.322 e. The molecule has 7 nitrogen and oxygen atoms in total. The molecule has 0 radical (unpaired) electrons. The van der Waals surface area contributed by atoms with Crippen LogP contribution >= 0.6 is 11.3 Å². The lowest BCUT2D eigenvalue weighted by atomic mass is 10.0. The van der Waals surface area contributed by atoms with Gasteiger partial charge in [-0.2, -0.15) is 0 Å². The quantitative estimate of drug-likeness (QED) is 0.356. The van der Waals surface area contributed by atoms with Crippen LogP contribution in [-0.2, 0) is 0 Å². The first kappa shape index (κ1) is 20.5. The second kappa shape index (κ2) is 8.25. The summed E-state index contributed by atoms with van der Waals surface area (Å²) in [4.78, 5) is 56.0. The van der Waals surface area contributed by atoms with Crippen molar-refractivity contribution in [3.8, 4) is 0 Å². The van der Waals surface area contributed by atoms with Crippen LogP contribution in [0, 0.1) is 0 Å². The first-order chi connectivity index (χ1) is 16.0. The van der Waals surface area contributed by atoms with Crippen molar-refractivity contribution in [1.82, 2.24) is 4.98 Å². The molecule has 8 heteroatoms. The molecule has 5 rings (SSSR count). The Balaban J connectivity index is 1.38. The van der Waals surface area contributed by atoms with Gasteiger partial charge in [-0.05, 0) is 30.3 Å². The minimum Gasteiger partial charge on any atom is -0.322 e. The molecule has 0 spiro atoms. The normalized spacial score (nSPS) is 12.5. The molecule has 0 fully saturated rings. The maximum Gasteiger partial charge on any atom is 0.268 e. The van der Waals surface area contributed by atoms with E-state index in [0.29, 0.717) is 16.8 Å². The number of anilines is 2. The summed E-state index contributed by atoms with van der Waals surface area (Å²) < 4.78 is 0. The van der Waals surface area contributed by atoms with E-state index in [4.69, 9.17) is 0 Å². The first-order valence-electron chi connectivity index (χ1n) is 9.96. The van der Waals surface area contributed by atoms with Crippen LogP contribution in [0.5, 0.6) is 0 Å². The number of carbonyl (C=O) groups is 4. The molecule has 0 saturated heterocycles. The van der Waals surface area contributed by atoms with Crippen LogP contribution in [-0.4, -0.2) is 28.5 Å². The number of aromatic nitrogens is 1. The zero-order valence-electron chi connectivity index (χ0n) is 17.0. The standard InChI is InChI=1S/C25H15N3O4S/c29-21(15-5-2-1-3-6-15)16-7-4-8-18(13-16)27-22(30)17-9-10-19-20(14-17)24(32)28(23(19)31)25-26-11-12-33-25/h1-14H,(H,27,30). The Labute approximate surface area is 192 Å². The van der Waals surface area contributed by atoms with Crippen LogP contribution in [0.3, 0.4) is 0 Å². The minimum absolute atomic E-state index is 0.149. The number of rotatable bonds is 5. The molecule has 0 saturated carbocycles. The molecule has 160 valence electrons. The van der Waals surface area contributed by atoms with Crippen molar-refractivity contribution in [1.29, 1.82) is 0 Å². The molecule has 3 amide bonds. The fraction of sp³-hybridized carbons (Fsp3) is 0. The average Bonchev–Trinajstić information content (AvgIpc) is 3.45. The Kier molecular flexibility index (Phi) is 5.12. The van der Waals surface area contributed by atoms with Crippen LogP contribution in [0.2, 0.25) is 0 Å². The van der Waals surface area contributed by atoms with Gasteiger partial charge >= 0.3 is 0 Å². The van der Waals surface area contributed by atoms with E-state index in [1.54, 1.807) is 53.9 Å². The predicted octanol–water partition coefficient (Wildman–Crippen LogP) is 4.43. The molecule has 1 aliphatic heterocycles. The van der Waals surface area contributed by atoms with Crippen molar-refractivity contribution < 1.29 is 19.2 Å². The third kappa shape index (κ3) is 3.72. The van der Waals surface area contributed by atoms with Crippen molar-refractivity contribution in [2.45, 2.75) is 0 Å². The zero-order chi connectivity index (χ0) is 22.9. The lowest BCUT2D eigenvalue weighted by molar-refractivity contribution is 0.0924. The summed E-state index contributed by atoms with van der Waals surface area (Å²) in [7, 11) is 0. The predicted molar refractivity (Wildman–Crippen MR) is 124 cm³/mol. The topological polar surface area (TPSA) is 96.4 Å². The van der Waals surface area contributed by atoms with E-state index >= 15 is 0 Å². The van der Waals surface area contributed by atoms with Crippen molar-refractivity contribution >= 4 is 45.7 Å². The Morgan fingerprint density at radius 3 is 2.30 bits per heavy atom. The fourth-order valence-corrected chi connectivity index (χ4v) is 4.22. The molecule has 0 bridgehead atoms. The van der Waals surface area contributed by atoms with Gasteiger partial charge < -0.3 is 5.32 Å². The summed E-state index contributed by atoms with van der Waals surface area (Å²) in [5.74, 6) is -1.61. The van der Waals surface area contributed by atoms with E-state index in [0.717, 1.165) is 4.90 Å². The van der Waals surface area contributed by atoms with Gasteiger partial charge in [-0.3, -0.25) is 19.2 Å². The zero-order valence-corrected chi connectivity index (χ0v) is 17.8. The highest BCUT2D eigenvalue weighted by atomic mass is 32.1. The van der Waals surface area contributed by atoms with Gasteiger partial charge in [0.15, 0.2) is 10.9 Å². The summed E-state index contributed by atoms with van der Waals surface area (Å²) >= 11 is 1.18. The SMILES string of the molecule is O=C(Nc1cccc(C(=O)c2ccccc2)c1)c1ccc2c(c1)C(=O)N(c1nccs1)C2=O. The molecule has 1 aliphatic rings. The lowest BCUT2D eigenvalue weighted by Crippen LogP contribution is -2.29. The van der Waals surface area contributed by atoms with Crippen LogP contribution in [0.1, 0.15) is 47.0 Å². The molecular weight excluding hydrogens is 438 g/mol. The summed E-state index contributed by atoms with van der Waals surface area (Å²) in [5.41, 5.74) is 2.02. The highest BCUT2D eigenvalue weighted by Gasteiger charge is 2.38. The highest BCUT2D eigenvalue weighted by molar-refractivity contribution is 7.14. The van der Waals surface area contributed by atoms with Crippen molar-refractivity contribution in [3.05, 3.63) is 112 Å². The number of nitrogens with one attached hydrogen (secondary N) is 1. The van der Waals surface area contributed by atoms with Crippen LogP contribution in [0.15, 0.2) is 84.4 Å². The van der Waals surface area contributed by atoms with Gasteiger partial charge in [0, 0.05) is 34.0 Å². The highest BCUT2D eigenvalue weighted by Crippen LogP contribution is 2.30. The van der Waals surface area contributed by atoms with Gasteiger partial charge in [-0.15, -0.1) is 11.3 Å². The molecule has 2 heterocycles. The number of thiazole rings is 1. The molecular formula is C25H15N3O4S. The van der Waals surface area contributed by atoms with Crippen molar-refractivity contribution in [2.24, 2.45) is 0 Å². The van der Waals surface area contributed by atoms with E-state index in [1.165, 1.54) is 35.7 Å². The number of amides is 3. The smallest absolute Gasteiger partial charge is 0.268 e. The summed E-state index contributed by atoms with van der Waals surface area (Å²) in [6.07, 6.45) is 1.51. The molecule has 3 aromatic carbocycles. The second-order valence-electron chi connectivity index (χ2n) is 7.25. The lowest BCUT2D eigenvalue weighted by Gasteiger charge is -2.08. The van der Waals surface area contributed by atoms with Gasteiger partial charge in [-0.25, -0.2) is 9.88 Å². The Hall–Kier alpha value is -4.43. The number of benzene rings is 3. The molecule has 0 atom stereocenters.